The zero-order valence-corrected chi connectivity index (χ0v) is 36.6. The lowest BCUT2D eigenvalue weighted by Crippen LogP contribution is -2.62. The molecule has 12 nitrogen and oxygen atoms in total. The molecule has 0 unspecified atom stereocenters. The molecule has 0 aliphatic carbocycles. The number of carbonyl (C=O) groups is 1. The van der Waals surface area contributed by atoms with Gasteiger partial charge in [0.1, 0.15) is 42.7 Å². The molecule has 64 heavy (non-hydrogen) atoms. The minimum atomic E-state index is -1.06. The van der Waals surface area contributed by atoms with Gasteiger partial charge in [-0.1, -0.05) is 152 Å². The Morgan fingerprint density at radius 2 is 0.969 bits per heavy atom. The average molecular weight is 875 g/mol. The van der Waals surface area contributed by atoms with Crippen LogP contribution in [0.15, 0.2) is 152 Å². The smallest absolute Gasteiger partial charge is 0.303 e. The maximum absolute atomic E-state index is 12.9. The van der Waals surface area contributed by atoms with Crippen LogP contribution < -0.4 is 0 Å². The first-order valence-corrected chi connectivity index (χ1v) is 22.0. The van der Waals surface area contributed by atoms with Crippen LogP contribution in [-0.4, -0.2) is 86.4 Å². The largest absolute Gasteiger partial charge is 0.457 e. The highest BCUT2D eigenvalue weighted by molar-refractivity contribution is 5.66. The lowest BCUT2D eigenvalue weighted by Gasteiger charge is -2.46. The molecule has 3 heterocycles. The zero-order chi connectivity index (χ0) is 44.1. The van der Waals surface area contributed by atoms with E-state index in [9.17, 15) is 4.79 Å². The summed E-state index contributed by atoms with van der Waals surface area (Å²) in [6.45, 7) is 6.38. The van der Waals surface area contributed by atoms with E-state index in [1.54, 1.807) is 0 Å². The zero-order valence-electron chi connectivity index (χ0n) is 36.6. The summed E-state index contributed by atoms with van der Waals surface area (Å²) in [5, 5.41) is 0. The third kappa shape index (κ3) is 12.5. The van der Waals surface area contributed by atoms with Crippen molar-refractivity contribution in [3.05, 3.63) is 179 Å². The Morgan fingerprint density at radius 3 is 1.45 bits per heavy atom. The number of esters is 1. The quantitative estimate of drug-likeness (QED) is 0.0664. The normalized spacial score (nSPS) is 26.6. The summed E-state index contributed by atoms with van der Waals surface area (Å²) in [5.74, 6) is -1.43. The van der Waals surface area contributed by atoms with Crippen molar-refractivity contribution in [2.75, 3.05) is 13.2 Å². The predicted octanol–water partition coefficient (Wildman–Crippen LogP) is 8.09. The maximum atomic E-state index is 12.9. The van der Waals surface area contributed by atoms with E-state index in [1.807, 2.05) is 166 Å². The highest BCUT2D eigenvalue weighted by Gasteiger charge is 2.58. The van der Waals surface area contributed by atoms with E-state index in [4.69, 9.17) is 52.1 Å². The summed E-state index contributed by atoms with van der Waals surface area (Å²) in [4.78, 5) is 12.9. The van der Waals surface area contributed by atoms with Gasteiger partial charge >= 0.3 is 5.97 Å². The summed E-state index contributed by atoms with van der Waals surface area (Å²) >= 11 is 0. The molecule has 3 aliphatic heterocycles. The molecular formula is C52H58O12. The topological polar surface area (TPSA) is 119 Å². The van der Waals surface area contributed by atoms with E-state index >= 15 is 0 Å². The number of hydrogen-bond acceptors (Lipinski definition) is 12. The Balaban J connectivity index is 1.10. The van der Waals surface area contributed by atoms with E-state index < -0.39 is 73.2 Å². The lowest BCUT2D eigenvalue weighted by molar-refractivity contribution is -0.333. The van der Waals surface area contributed by atoms with E-state index in [2.05, 4.69) is 0 Å². The number of fused-ring (bicyclic) bond motifs is 1. The molecule has 8 rings (SSSR count). The van der Waals surface area contributed by atoms with Crippen molar-refractivity contribution in [3.8, 4) is 0 Å². The first-order valence-electron chi connectivity index (χ1n) is 22.0. The van der Waals surface area contributed by atoms with Gasteiger partial charge in [0, 0.05) is 6.92 Å². The number of carbonyl (C=O) groups excluding carboxylic acids is 1. The molecule has 338 valence electrons. The second-order valence-electron chi connectivity index (χ2n) is 16.6. The van der Waals surface area contributed by atoms with Gasteiger partial charge in [0.15, 0.2) is 24.5 Å². The van der Waals surface area contributed by atoms with Gasteiger partial charge in [0.2, 0.25) is 0 Å². The number of ether oxygens (including phenoxy) is 11. The Hall–Kier alpha value is -4.83. The SMILES string of the molecule is CC(=O)O[C@H](CO[C@H]1O[C@H](COCc2ccccc2)[C@H](OCc2ccccc2)[C@H](OCc2ccccc2)[C@H]1OCc1ccccc1)[C@@H]1O[C@@H]2OC(C)(C)O[C@@H]2[C@H]1OCc1ccccc1. The van der Waals surface area contributed by atoms with Gasteiger partial charge in [0.25, 0.3) is 0 Å². The molecular weight excluding hydrogens is 817 g/mol. The standard InChI is InChI=1S/C52H58O12/c1-36(53)60-43(45-47(57-32-40-25-15-7-16-26-40)49-51(62-45)64-52(2,3)63-49)35-59-50-48(58-33-41-27-17-8-18-28-41)46(56-31-39-23-13-6-14-24-39)44(55-30-38-21-11-5-12-22-38)42(61-50)34-54-29-37-19-9-4-10-20-37/h4-28,42-51H,29-35H2,1-3H3/t42-,43-,44+,45+,46+,47+,48-,49-,50+,51-/m1/s1. The molecule has 0 amide bonds. The molecule has 0 spiro atoms. The van der Waals surface area contributed by atoms with Gasteiger partial charge in [-0.3, -0.25) is 4.79 Å². The predicted molar refractivity (Wildman–Crippen MR) is 235 cm³/mol. The molecule has 0 aromatic heterocycles. The Morgan fingerprint density at radius 1 is 0.531 bits per heavy atom. The van der Waals surface area contributed by atoms with Crippen LogP contribution in [0.2, 0.25) is 0 Å². The molecule has 5 aromatic rings. The summed E-state index contributed by atoms with van der Waals surface area (Å²) in [6.07, 6.45) is -7.83. The van der Waals surface area contributed by atoms with Gasteiger partial charge in [-0.05, 0) is 41.7 Å². The molecule has 0 radical (unpaired) electrons. The van der Waals surface area contributed by atoms with Gasteiger partial charge in [-0.25, -0.2) is 0 Å². The maximum Gasteiger partial charge on any atom is 0.303 e. The highest BCUT2D eigenvalue weighted by atomic mass is 16.8. The molecule has 0 bridgehead atoms. The fraction of sp³-hybridized carbons (Fsp3) is 0.404. The lowest BCUT2D eigenvalue weighted by atomic mass is 9.97. The van der Waals surface area contributed by atoms with Crippen LogP contribution in [0.4, 0.5) is 0 Å². The van der Waals surface area contributed by atoms with E-state index in [0.29, 0.717) is 6.61 Å². The molecule has 10 atom stereocenters. The Labute approximate surface area is 375 Å². The Kier molecular flexibility index (Phi) is 16.0. The number of benzene rings is 5. The highest BCUT2D eigenvalue weighted by Crippen LogP contribution is 2.41. The molecule has 3 aliphatic rings. The number of hydrogen-bond donors (Lipinski definition) is 0. The van der Waals surface area contributed by atoms with Crippen LogP contribution in [0, 0.1) is 0 Å². The molecule has 5 aromatic carbocycles. The van der Waals surface area contributed by atoms with Crippen molar-refractivity contribution < 1.29 is 56.9 Å². The summed E-state index contributed by atoms with van der Waals surface area (Å²) < 4.78 is 72.2. The summed E-state index contributed by atoms with van der Waals surface area (Å²) in [6, 6.07) is 49.5. The van der Waals surface area contributed by atoms with E-state index in [1.165, 1.54) is 6.92 Å². The monoisotopic (exact) mass is 874 g/mol. The summed E-state index contributed by atoms with van der Waals surface area (Å²) in [5.41, 5.74) is 4.88. The molecule has 3 saturated heterocycles. The van der Waals surface area contributed by atoms with Gasteiger partial charge in [-0.15, -0.1) is 0 Å². The average Bonchev–Trinajstić information content (AvgIpc) is 3.80. The minimum absolute atomic E-state index is 0.146. The Bertz CT molecular complexity index is 2130. The van der Waals surface area contributed by atoms with Crippen LogP contribution in [0.1, 0.15) is 48.6 Å². The molecule has 12 heteroatoms. The molecule has 3 fully saturated rings. The second kappa shape index (κ2) is 22.4. The van der Waals surface area contributed by atoms with Crippen molar-refractivity contribution in [2.45, 2.75) is 121 Å². The van der Waals surface area contributed by atoms with Gasteiger partial charge in [-0.2, -0.15) is 0 Å². The van der Waals surface area contributed by atoms with Crippen LogP contribution in [0.5, 0.6) is 0 Å². The fourth-order valence-corrected chi connectivity index (χ4v) is 8.24. The first-order chi connectivity index (χ1) is 31.3. The second-order valence-corrected chi connectivity index (χ2v) is 16.6. The van der Waals surface area contributed by atoms with Crippen molar-refractivity contribution >= 4 is 5.97 Å². The van der Waals surface area contributed by atoms with E-state index in [-0.39, 0.29) is 39.6 Å². The summed E-state index contributed by atoms with van der Waals surface area (Å²) in [7, 11) is 0. The van der Waals surface area contributed by atoms with Crippen LogP contribution in [-0.2, 0) is 89.9 Å². The molecule has 0 N–H and O–H groups in total. The van der Waals surface area contributed by atoms with Crippen molar-refractivity contribution in [1.29, 1.82) is 0 Å². The van der Waals surface area contributed by atoms with Gasteiger partial charge < -0.3 is 52.1 Å². The van der Waals surface area contributed by atoms with E-state index in [0.717, 1.165) is 27.8 Å². The van der Waals surface area contributed by atoms with Crippen LogP contribution >= 0.6 is 0 Å². The fourth-order valence-electron chi connectivity index (χ4n) is 8.24. The third-order valence-corrected chi connectivity index (χ3v) is 11.3. The van der Waals surface area contributed by atoms with Crippen molar-refractivity contribution in [1.82, 2.24) is 0 Å². The number of rotatable bonds is 21. The minimum Gasteiger partial charge on any atom is -0.457 e. The van der Waals surface area contributed by atoms with Gasteiger partial charge in [0.05, 0.1) is 46.2 Å². The van der Waals surface area contributed by atoms with Crippen molar-refractivity contribution in [2.24, 2.45) is 0 Å². The van der Waals surface area contributed by atoms with Crippen molar-refractivity contribution in [3.63, 3.8) is 0 Å². The first kappa shape index (κ1) is 45.7. The third-order valence-electron chi connectivity index (χ3n) is 11.3. The van der Waals surface area contributed by atoms with Crippen LogP contribution in [0.3, 0.4) is 0 Å². The molecule has 0 saturated carbocycles. The van der Waals surface area contributed by atoms with Crippen LogP contribution in [0.25, 0.3) is 0 Å².